The van der Waals surface area contributed by atoms with Gasteiger partial charge in [-0.2, -0.15) is 0 Å². The number of likely N-dealkylation sites (N-methyl/N-ethyl adjacent to an activating group) is 1. The Morgan fingerprint density at radius 2 is 1.44 bits per heavy atom. The van der Waals surface area contributed by atoms with Crippen molar-refractivity contribution in [1.29, 1.82) is 0 Å². The summed E-state index contributed by atoms with van der Waals surface area (Å²) in [6.07, 6.45) is 1.21. The molecule has 0 aliphatic carbocycles. The first-order chi connectivity index (χ1) is 20.7. The molecule has 0 saturated heterocycles. The number of nitrogens with one attached hydrogen (secondary N) is 4. The van der Waals surface area contributed by atoms with E-state index < -0.39 is 48.7 Å². The Hall–Kier alpha value is -5.45. The summed E-state index contributed by atoms with van der Waals surface area (Å²) >= 11 is 0. The third-order valence-corrected chi connectivity index (χ3v) is 6.84. The number of nitrogens with two attached hydrogens (primary N) is 1. The molecule has 11 heteroatoms. The van der Waals surface area contributed by atoms with Crippen LogP contribution in [-0.4, -0.2) is 65.1 Å². The van der Waals surface area contributed by atoms with Crippen LogP contribution in [0.3, 0.4) is 0 Å². The van der Waals surface area contributed by atoms with Crippen LogP contribution >= 0.6 is 0 Å². The van der Waals surface area contributed by atoms with Gasteiger partial charge in [0.1, 0.15) is 12.1 Å². The lowest BCUT2D eigenvalue weighted by Crippen LogP contribution is -2.55. The second-order valence-corrected chi connectivity index (χ2v) is 10.2. The summed E-state index contributed by atoms with van der Waals surface area (Å²) in [5.74, 6) is -3.10. The highest BCUT2D eigenvalue weighted by Gasteiger charge is 2.31. The molecular weight excluding hydrogens is 548 g/mol. The van der Waals surface area contributed by atoms with Crippen molar-refractivity contribution in [3.05, 3.63) is 108 Å². The van der Waals surface area contributed by atoms with Gasteiger partial charge >= 0.3 is 0 Å². The molecule has 4 rings (SSSR count). The quantitative estimate of drug-likeness (QED) is 0.161. The maximum Gasteiger partial charge on any atom is 0.254 e. The predicted molar refractivity (Wildman–Crippen MR) is 161 cm³/mol. The third kappa shape index (κ3) is 8.52. The number of carbonyl (C=O) groups excluding carboxylic acids is 5. The van der Waals surface area contributed by atoms with E-state index in [9.17, 15) is 24.0 Å². The van der Waals surface area contributed by atoms with E-state index in [-0.39, 0.29) is 17.9 Å². The molecule has 1 unspecified atom stereocenters. The number of primary amides is 1. The maximum absolute atomic E-state index is 13.7. The standard InChI is InChI=1S/C32H34N6O5/c1-38(20-22-12-6-3-7-13-22)32(43)27(16-21-10-4-2-5-11-21)37-31(42)26(17-29(40)35-19-28(33)39)36-30(41)24-18-34-25-15-9-8-14-23(24)25/h2-15,18,26-27,34H,16-17,19-20H2,1H3,(H2,33,39)(H,35,40)(H,36,41)(H,37,42)/t26?,27-/m1/s1. The minimum absolute atomic E-state index is 0.182. The van der Waals surface area contributed by atoms with E-state index in [2.05, 4.69) is 20.9 Å². The van der Waals surface area contributed by atoms with Crippen molar-refractivity contribution in [2.45, 2.75) is 31.5 Å². The zero-order valence-electron chi connectivity index (χ0n) is 23.7. The zero-order chi connectivity index (χ0) is 30.8. The lowest BCUT2D eigenvalue weighted by Gasteiger charge is -2.27. The SMILES string of the molecule is CN(Cc1ccccc1)C(=O)[C@@H](Cc1ccccc1)NC(=O)C(CC(=O)NCC(N)=O)NC(=O)c1c[nH]c2ccccc12. The Morgan fingerprint density at radius 3 is 2.12 bits per heavy atom. The molecule has 0 fully saturated rings. The Balaban J connectivity index is 1.56. The summed E-state index contributed by atoms with van der Waals surface area (Å²) in [4.78, 5) is 69.0. The van der Waals surface area contributed by atoms with Gasteiger partial charge in [0, 0.05) is 37.1 Å². The topological polar surface area (TPSA) is 166 Å². The van der Waals surface area contributed by atoms with Gasteiger partial charge in [0.15, 0.2) is 0 Å². The van der Waals surface area contributed by atoms with Crippen LogP contribution in [0.4, 0.5) is 0 Å². The highest BCUT2D eigenvalue weighted by atomic mass is 16.2. The Bertz CT molecular complexity index is 1590. The summed E-state index contributed by atoms with van der Waals surface area (Å²) in [6.45, 7) is -0.111. The fourth-order valence-corrected chi connectivity index (χ4v) is 4.67. The van der Waals surface area contributed by atoms with Gasteiger partial charge in [-0.25, -0.2) is 0 Å². The summed E-state index contributed by atoms with van der Waals surface area (Å²) in [5, 5.41) is 8.38. The van der Waals surface area contributed by atoms with E-state index in [1.807, 2.05) is 66.7 Å². The Kier molecular flexibility index (Phi) is 10.2. The average molecular weight is 583 g/mol. The number of rotatable bonds is 13. The number of aromatic nitrogens is 1. The van der Waals surface area contributed by atoms with Crippen LogP contribution in [0.25, 0.3) is 10.9 Å². The first-order valence-electron chi connectivity index (χ1n) is 13.8. The lowest BCUT2D eigenvalue weighted by atomic mass is 10.0. The van der Waals surface area contributed by atoms with Gasteiger partial charge in [0.25, 0.3) is 5.91 Å². The van der Waals surface area contributed by atoms with Crippen LogP contribution in [0.2, 0.25) is 0 Å². The maximum atomic E-state index is 13.7. The molecule has 43 heavy (non-hydrogen) atoms. The lowest BCUT2D eigenvalue weighted by molar-refractivity contribution is -0.136. The smallest absolute Gasteiger partial charge is 0.254 e. The van der Waals surface area contributed by atoms with Crippen molar-refractivity contribution >= 4 is 40.4 Å². The fraction of sp³-hybridized carbons (Fsp3) is 0.219. The van der Waals surface area contributed by atoms with Crippen molar-refractivity contribution < 1.29 is 24.0 Å². The van der Waals surface area contributed by atoms with Crippen LogP contribution in [0, 0.1) is 0 Å². The molecule has 222 valence electrons. The third-order valence-electron chi connectivity index (χ3n) is 6.84. The predicted octanol–water partition coefficient (Wildman–Crippen LogP) is 1.64. The van der Waals surface area contributed by atoms with Gasteiger partial charge in [0.2, 0.25) is 23.6 Å². The number of carbonyl (C=O) groups is 5. The molecule has 5 amide bonds. The zero-order valence-corrected chi connectivity index (χ0v) is 23.7. The van der Waals surface area contributed by atoms with Crippen LogP contribution in [0.1, 0.15) is 27.9 Å². The van der Waals surface area contributed by atoms with Crippen molar-refractivity contribution in [3.8, 4) is 0 Å². The average Bonchev–Trinajstić information content (AvgIpc) is 3.44. The highest BCUT2D eigenvalue weighted by molar-refractivity contribution is 6.08. The fourth-order valence-electron chi connectivity index (χ4n) is 4.67. The molecule has 1 aromatic heterocycles. The number of H-pyrrole nitrogens is 1. The second-order valence-electron chi connectivity index (χ2n) is 10.2. The van der Waals surface area contributed by atoms with Gasteiger partial charge in [-0.05, 0) is 17.2 Å². The minimum atomic E-state index is -1.36. The molecule has 0 aliphatic heterocycles. The Labute approximate surface area is 248 Å². The summed E-state index contributed by atoms with van der Waals surface area (Å²) in [5.41, 5.74) is 7.87. The van der Waals surface area contributed by atoms with E-state index in [0.717, 1.165) is 16.6 Å². The number of amides is 5. The number of benzene rings is 3. The molecule has 3 aromatic carbocycles. The van der Waals surface area contributed by atoms with Gasteiger partial charge in [-0.15, -0.1) is 0 Å². The van der Waals surface area contributed by atoms with E-state index in [1.54, 1.807) is 25.2 Å². The molecule has 2 atom stereocenters. The molecular formula is C32H34N6O5. The normalized spacial score (nSPS) is 12.1. The minimum Gasteiger partial charge on any atom is -0.368 e. The highest BCUT2D eigenvalue weighted by Crippen LogP contribution is 2.18. The Morgan fingerprint density at radius 1 is 0.814 bits per heavy atom. The van der Waals surface area contributed by atoms with Crippen LogP contribution < -0.4 is 21.7 Å². The number of aromatic amines is 1. The van der Waals surface area contributed by atoms with Crippen LogP contribution in [-0.2, 0) is 32.1 Å². The van der Waals surface area contributed by atoms with Crippen LogP contribution in [0.15, 0.2) is 91.1 Å². The molecule has 0 radical (unpaired) electrons. The number of nitrogens with zero attached hydrogens (tertiary/aromatic N) is 1. The van der Waals surface area contributed by atoms with Crippen molar-refractivity contribution in [2.24, 2.45) is 5.73 Å². The van der Waals surface area contributed by atoms with E-state index in [4.69, 9.17) is 5.73 Å². The number of para-hydroxylation sites is 1. The first-order valence-corrected chi connectivity index (χ1v) is 13.8. The first kappa shape index (κ1) is 30.5. The van der Waals surface area contributed by atoms with Gasteiger partial charge in [0.05, 0.1) is 18.5 Å². The molecule has 4 aromatic rings. The van der Waals surface area contributed by atoms with Crippen molar-refractivity contribution in [1.82, 2.24) is 25.8 Å². The summed E-state index contributed by atoms with van der Waals surface area (Å²) in [7, 11) is 1.65. The molecule has 0 bridgehead atoms. The van der Waals surface area contributed by atoms with E-state index >= 15 is 0 Å². The summed E-state index contributed by atoms with van der Waals surface area (Å²) < 4.78 is 0. The second kappa shape index (κ2) is 14.4. The van der Waals surface area contributed by atoms with Gasteiger partial charge in [-0.3, -0.25) is 24.0 Å². The van der Waals surface area contributed by atoms with Crippen molar-refractivity contribution in [3.63, 3.8) is 0 Å². The molecule has 6 N–H and O–H groups in total. The van der Waals surface area contributed by atoms with Crippen molar-refractivity contribution in [2.75, 3.05) is 13.6 Å². The molecule has 0 spiro atoms. The monoisotopic (exact) mass is 582 g/mol. The van der Waals surface area contributed by atoms with Gasteiger partial charge in [-0.1, -0.05) is 78.9 Å². The molecule has 1 heterocycles. The van der Waals surface area contributed by atoms with Crippen LogP contribution in [0.5, 0.6) is 0 Å². The number of fused-ring (bicyclic) bond motifs is 1. The summed E-state index contributed by atoms with van der Waals surface area (Å²) in [6, 6.07) is 23.4. The number of hydrogen-bond donors (Lipinski definition) is 5. The molecule has 0 aliphatic rings. The molecule has 0 saturated carbocycles. The van der Waals surface area contributed by atoms with E-state index in [0.29, 0.717) is 11.9 Å². The largest absolute Gasteiger partial charge is 0.368 e. The molecule has 11 nitrogen and oxygen atoms in total. The van der Waals surface area contributed by atoms with E-state index in [1.165, 1.54) is 11.1 Å². The number of hydrogen-bond acceptors (Lipinski definition) is 5. The van der Waals surface area contributed by atoms with Gasteiger partial charge < -0.3 is 31.6 Å².